The zero-order valence-electron chi connectivity index (χ0n) is 9.39. The molecule has 0 atom stereocenters. The molecule has 1 aliphatic heterocycles. The molecule has 88 valence electrons. The van der Waals surface area contributed by atoms with Crippen LogP contribution in [-0.4, -0.2) is 28.4 Å². The van der Waals surface area contributed by atoms with Gasteiger partial charge in [0.25, 0.3) is 0 Å². The number of pyridine rings is 1. The Morgan fingerprint density at radius 1 is 1.53 bits per heavy atom. The summed E-state index contributed by atoms with van der Waals surface area (Å²) in [5.41, 5.74) is 1.91. The first-order valence-electron chi connectivity index (χ1n) is 5.74. The lowest BCUT2D eigenvalue weighted by Crippen LogP contribution is -2.50. The van der Waals surface area contributed by atoms with Gasteiger partial charge in [0.1, 0.15) is 5.65 Å². The van der Waals surface area contributed by atoms with Crippen LogP contribution in [0.5, 0.6) is 0 Å². The smallest absolute Gasteiger partial charge is 0.226 e. The van der Waals surface area contributed by atoms with Gasteiger partial charge in [0.15, 0.2) is 0 Å². The van der Waals surface area contributed by atoms with E-state index in [0.717, 1.165) is 24.4 Å². The Morgan fingerprint density at radius 2 is 2.41 bits per heavy atom. The number of imidazole rings is 1. The van der Waals surface area contributed by atoms with E-state index in [4.69, 9.17) is 0 Å². The topological polar surface area (TPSA) is 58.4 Å². The lowest BCUT2D eigenvalue weighted by Gasteiger charge is -2.25. The van der Waals surface area contributed by atoms with E-state index >= 15 is 0 Å². The van der Waals surface area contributed by atoms with Crippen LogP contribution in [0.4, 0.5) is 0 Å². The Morgan fingerprint density at radius 3 is 3.18 bits per heavy atom. The second-order valence-electron chi connectivity index (χ2n) is 4.25. The summed E-state index contributed by atoms with van der Waals surface area (Å²) in [6.45, 7) is 2.11. The van der Waals surface area contributed by atoms with Gasteiger partial charge in [-0.15, -0.1) is 0 Å². The van der Waals surface area contributed by atoms with Gasteiger partial charge in [0.2, 0.25) is 5.91 Å². The highest BCUT2D eigenvalue weighted by atomic mass is 16.2. The summed E-state index contributed by atoms with van der Waals surface area (Å²) in [4.78, 5) is 16.0. The van der Waals surface area contributed by atoms with Gasteiger partial charge in [-0.05, 0) is 12.1 Å². The first-order valence-corrected chi connectivity index (χ1v) is 5.74. The van der Waals surface area contributed by atoms with Gasteiger partial charge >= 0.3 is 0 Å². The highest BCUT2D eigenvalue weighted by molar-refractivity contribution is 5.79. The summed E-state index contributed by atoms with van der Waals surface area (Å²) >= 11 is 0. The molecule has 0 aliphatic carbocycles. The minimum Gasteiger partial charge on any atom is -0.350 e. The normalized spacial score (nSPS) is 15.8. The quantitative estimate of drug-likeness (QED) is 0.790. The first kappa shape index (κ1) is 10.3. The highest BCUT2D eigenvalue weighted by Gasteiger charge is 2.24. The zero-order valence-corrected chi connectivity index (χ0v) is 9.39. The molecule has 1 amide bonds. The lowest BCUT2D eigenvalue weighted by molar-refractivity contribution is -0.126. The Bertz CT molecular complexity index is 544. The van der Waals surface area contributed by atoms with Crippen molar-refractivity contribution in [3.05, 3.63) is 36.3 Å². The number of hydrogen-bond donors (Lipinski definition) is 2. The molecule has 0 saturated carbocycles. The van der Waals surface area contributed by atoms with Crippen molar-refractivity contribution in [3.63, 3.8) is 0 Å². The van der Waals surface area contributed by atoms with Crippen molar-refractivity contribution in [2.45, 2.75) is 6.54 Å². The van der Waals surface area contributed by atoms with Gasteiger partial charge in [-0.3, -0.25) is 4.79 Å². The molecular weight excluding hydrogens is 216 g/mol. The van der Waals surface area contributed by atoms with Crippen LogP contribution in [0.2, 0.25) is 0 Å². The first-order chi connectivity index (χ1) is 8.34. The molecule has 1 saturated heterocycles. The molecule has 2 aromatic rings. The van der Waals surface area contributed by atoms with Crippen molar-refractivity contribution >= 4 is 11.6 Å². The van der Waals surface area contributed by atoms with Crippen LogP contribution in [0.25, 0.3) is 5.65 Å². The Hall–Kier alpha value is -1.88. The van der Waals surface area contributed by atoms with Crippen molar-refractivity contribution in [3.8, 4) is 0 Å². The minimum absolute atomic E-state index is 0.120. The van der Waals surface area contributed by atoms with E-state index in [-0.39, 0.29) is 11.8 Å². The van der Waals surface area contributed by atoms with E-state index < -0.39 is 0 Å². The molecule has 17 heavy (non-hydrogen) atoms. The Labute approximate surface area is 98.8 Å². The molecule has 5 nitrogen and oxygen atoms in total. The van der Waals surface area contributed by atoms with Crippen molar-refractivity contribution < 1.29 is 4.79 Å². The molecule has 1 aliphatic rings. The molecule has 0 unspecified atom stereocenters. The van der Waals surface area contributed by atoms with Crippen LogP contribution in [0.15, 0.2) is 30.6 Å². The van der Waals surface area contributed by atoms with Crippen LogP contribution in [-0.2, 0) is 11.3 Å². The number of carbonyl (C=O) groups excluding carboxylic acids is 1. The molecule has 0 spiro atoms. The van der Waals surface area contributed by atoms with E-state index in [1.807, 2.05) is 28.8 Å². The number of carbonyl (C=O) groups is 1. The van der Waals surface area contributed by atoms with Crippen molar-refractivity contribution in [2.75, 3.05) is 13.1 Å². The third-order valence-corrected chi connectivity index (χ3v) is 3.09. The molecule has 0 aromatic carbocycles. The lowest BCUT2D eigenvalue weighted by atomic mass is 10.0. The number of hydrogen-bond acceptors (Lipinski definition) is 3. The molecular formula is C12H14N4O. The summed E-state index contributed by atoms with van der Waals surface area (Å²) in [6.07, 6.45) is 3.75. The molecule has 5 heteroatoms. The van der Waals surface area contributed by atoms with E-state index in [2.05, 4.69) is 15.6 Å². The van der Waals surface area contributed by atoms with Crippen LogP contribution >= 0.6 is 0 Å². The molecule has 3 heterocycles. The molecule has 0 bridgehead atoms. The SMILES string of the molecule is O=C(NCc1cnc2ccccn12)C1CNC1. The van der Waals surface area contributed by atoms with Crippen LogP contribution in [0, 0.1) is 5.92 Å². The zero-order chi connectivity index (χ0) is 11.7. The maximum atomic E-state index is 11.7. The van der Waals surface area contributed by atoms with Crippen molar-refractivity contribution in [1.82, 2.24) is 20.0 Å². The predicted octanol–water partition coefficient (Wildman–Crippen LogP) is 0.170. The van der Waals surface area contributed by atoms with Crippen molar-refractivity contribution in [1.29, 1.82) is 0 Å². The summed E-state index contributed by atoms with van der Waals surface area (Å²) < 4.78 is 1.99. The molecule has 0 radical (unpaired) electrons. The maximum Gasteiger partial charge on any atom is 0.226 e. The van der Waals surface area contributed by atoms with Gasteiger partial charge in [-0.2, -0.15) is 0 Å². The highest BCUT2D eigenvalue weighted by Crippen LogP contribution is 2.07. The maximum absolute atomic E-state index is 11.7. The number of aromatic nitrogens is 2. The number of amides is 1. The number of nitrogens with one attached hydrogen (secondary N) is 2. The second kappa shape index (κ2) is 4.18. The molecule has 2 aromatic heterocycles. The largest absolute Gasteiger partial charge is 0.350 e. The summed E-state index contributed by atoms with van der Waals surface area (Å²) in [5.74, 6) is 0.254. The van der Waals surface area contributed by atoms with Crippen LogP contribution < -0.4 is 10.6 Å². The number of rotatable bonds is 3. The van der Waals surface area contributed by atoms with Gasteiger partial charge in [-0.25, -0.2) is 4.98 Å². The standard InChI is InChI=1S/C12H14N4O/c17-12(9-5-13-6-9)15-8-10-7-14-11-3-1-2-4-16(10)11/h1-4,7,9,13H,5-6,8H2,(H,15,17). The summed E-state index contributed by atoms with van der Waals surface area (Å²) in [5, 5.41) is 6.03. The second-order valence-corrected chi connectivity index (χ2v) is 4.25. The molecule has 3 rings (SSSR count). The fourth-order valence-electron chi connectivity index (χ4n) is 1.91. The van der Waals surface area contributed by atoms with Gasteiger partial charge in [0, 0.05) is 19.3 Å². The fraction of sp³-hybridized carbons (Fsp3) is 0.333. The van der Waals surface area contributed by atoms with Crippen LogP contribution in [0.1, 0.15) is 5.69 Å². The monoisotopic (exact) mass is 230 g/mol. The average Bonchev–Trinajstić information content (AvgIpc) is 2.67. The summed E-state index contributed by atoms with van der Waals surface area (Å²) in [7, 11) is 0. The average molecular weight is 230 g/mol. The van der Waals surface area contributed by atoms with Gasteiger partial charge in [-0.1, -0.05) is 6.07 Å². The number of fused-ring (bicyclic) bond motifs is 1. The fourth-order valence-corrected chi connectivity index (χ4v) is 1.91. The Kier molecular flexibility index (Phi) is 2.53. The van der Waals surface area contributed by atoms with E-state index in [9.17, 15) is 4.79 Å². The number of nitrogens with zero attached hydrogens (tertiary/aromatic N) is 2. The third kappa shape index (κ3) is 1.89. The van der Waals surface area contributed by atoms with E-state index in [1.165, 1.54) is 0 Å². The molecule has 1 fully saturated rings. The molecule has 2 N–H and O–H groups in total. The Balaban J connectivity index is 1.70. The van der Waals surface area contributed by atoms with E-state index in [1.54, 1.807) is 6.20 Å². The predicted molar refractivity (Wildman–Crippen MR) is 63.4 cm³/mol. The van der Waals surface area contributed by atoms with E-state index in [0.29, 0.717) is 6.54 Å². The van der Waals surface area contributed by atoms with Crippen molar-refractivity contribution in [2.24, 2.45) is 5.92 Å². The summed E-state index contributed by atoms with van der Waals surface area (Å²) in [6, 6.07) is 5.85. The van der Waals surface area contributed by atoms with Crippen LogP contribution in [0.3, 0.4) is 0 Å². The van der Waals surface area contributed by atoms with Gasteiger partial charge in [0.05, 0.1) is 24.4 Å². The minimum atomic E-state index is 0.120. The third-order valence-electron chi connectivity index (χ3n) is 3.09. The van der Waals surface area contributed by atoms with Gasteiger partial charge < -0.3 is 15.0 Å².